The van der Waals surface area contributed by atoms with Crippen LogP contribution in [0.15, 0.2) is 40.4 Å². The van der Waals surface area contributed by atoms with Gasteiger partial charge in [0.1, 0.15) is 6.29 Å². The van der Waals surface area contributed by atoms with Crippen molar-refractivity contribution >= 4 is 12.4 Å². The lowest BCUT2D eigenvalue weighted by Gasteiger charge is -1.97. The van der Waals surface area contributed by atoms with Gasteiger partial charge in [0.2, 0.25) is 11.1 Å². The maximum Gasteiger partial charge on any atom is 0.248 e. The Hall–Kier alpha value is -2.89. The van der Waals surface area contributed by atoms with Gasteiger partial charge in [-0.15, -0.1) is 0 Å². The molecule has 2 aromatic heterocycles. The van der Waals surface area contributed by atoms with Crippen LogP contribution >= 0.6 is 0 Å². The van der Waals surface area contributed by atoms with Crippen LogP contribution in [0.3, 0.4) is 0 Å². The number of ether oxygens (including phenoxy) is 1. The van der Waals surface area contributed by atoms with Gasteiger partial charge >= 0.3 is 0 Å². The van der Waals surface area contributed by atoms with Crippen molar-refractivity contribution in [1.82, 2.24) is 9.97 Å². The molecule has 0 fully saturated rings. The summed E-state index contributed by atoms with van der Waals surface area (Å²) < 4.78 is 4.76. The topological polar surface area (TPSA) is 92.0 Å². The zero-order valence-electron chi connectivity index (χ0n) is 13.4. The lowest BCUT2D eigenvalue weighted by atomic mass is 10.1. The Morgan fingerprint density at radius 1 is 1.04 bits per heavy atom. The van der Waals surface area contributed by atoms with Gasteiger partial charge in [0.25, 0.3) is 0 Å². The largest absolute Gasteiger partial charge is 0.504 e. The number of aldehydes is 1. The zero-order chi connectivity index (χ0) is 17.2. The predicted molar refractivity (Wildman–Crippen MR) is 89.4 cm³/mol. The number of hydrogen-bond donors (Lipinski definition) is 2. The maximum atomic E-state index is 10.8. The van der Waals surface area contributed by atoms with Crippen molar-refractivity contribution in [2.24, 2.45) is 0 Å². The van der Waals surface area contributed by atoms with E-state index in [1.807, 2.05) is 13.8 Å². The summed E-state index contributed by atoms with van der Waals surface area (Å²) >= 11 is 0. The molecule has 0 saturated heterocycles. The highest BCUT2D eigenvalue weighted by atomic mass is 16.5. The van der Waals surface area contributed by atoms with Crippen molar-refractivity contribution in [1.29, 1.82) is 0 Å². The first-order valence-electron chi connectivity index (χ1n) is 6.98. The van der Waals surface area contributed by atoms with Crippen LogP contribution in [0.4, 0.5) is 0 Å². The Morgan fingerprint density at radius 2 is 1.65 bits per heavy atom. The molecule has 0 saturated carbocycles. The van der Waals surface area contributed by atoms with E-state index in [2.05, 4.69) is 9.97 Å². The van der Waals surface area contributed by atoms with E-state index in [0.29, 0.717) is 6.42 Å². The lowest BCUT2D eigenvalue weighted by molar-refractivity contribution is -0.107. The van der Waals surface area contributed by atoms with Crippen LogP contribution < -0.4 is 11.1 Å². The molecule has 2 aromatic rings. The molecule has 0 aliphatic rings. The highest BCUT2D eigenvalue weighted by Crippen LogP contribution is 2.04. The normalized spacial score (nSPS) is 10.0. The van der Waals surface area contributed by atoms with Gasteiger partial charge in [0.15, 0.2) is 0 Å². The minimum absolute atomic E-state index is 0.0814. The highest BCUT2D eigenvalue weighted by Gasteiger charge is 1.96. The number of methoxy groups -OCH3 is 1. The summed E-state index contributed by atoms with van der Waals surface area (Å²) in [6.45, 7) is 3.69. The fourth-order valence-electron chi connectivity index (χ4n) is 1.82. The number of hydrogen-bond acceptors (Lipinski definition) is 4. The fraction of sp³-hybridized carbons (Fsp3) is 0.235. The predicted octanol–water partition coefficient (Wildman–Crippen LogP) is 1.73. The third kappa shape index (κ3) is 6.17. The Bertz CT molecular complexity index is 788. The lowest BCUT2D eigenvalue weighted by Crippen LogP contribution is -2.06. The molecule has 2 heterocycles. The van der Waals surface area contributed by atoms with Crippen molar-refractivity contribution in [3.63, 3.8) is 0 Å². The highest BCUT2D eigenvalue weighted by molar-refractivity contribution is 5.55. The van der Waals surface area contributed by atoms with E-state index in [-0.39, 0.29) is 11.1 Å². The molecule has 2 N–H and O–H groups in total. The van der Waals surface area contributed by atoms with Gasteiger partial charge < -0.3 is 19.5 Å². The maximum absolute atomic E-state index is 10.8. The SMILES string of the molecule is CO/C=C/c1c[nH]c(=O)cc1C.Cc1cc(=O)[nH]cc1CC=O. The summed E-state index contributed by atoms with van der Waals surface area (Å²) in [5, 5.41) is 0. The standard InChI is InChI=1S/C9H11NO2.C8H9NO2/c1-7-5-9(11)10-6-8(7)3-4-12-2;1-6-4-8(11)9-5-7(6)2-3-10/h3-6H,1-2H3,(H,10,11);3-5H,2H2,1H3,(H,9,11)/b4-3+;. The second-order valence-corrected chi connectivity index (χ2v) is 4.85. The minimum Gasteiger partial charge on any atom is -0.504 e. The van der Waals surface area contributed by atoms with Crippen LogP contribution in [0, 0.1) is 13.8 Å². The van der Waals surface area contributed by atoms with E-state index >= 15 is 0 Å². The van der Waals surface area contributed by atoms with Crippen molar-refractivity contribution in [3.8, 4) is 0 Å². The van der Waals surface area contributed by atoms with E-state index in [1.165, 1.54) is 6.07 Å². The number of carbonyl (C=O) groups excluding carboxylic acids is 1. The van der Waals surface area contributed by atoms with Crippen LogP contribution in [0.5, 0.6) is 0 Å². The van der Waals surface area contributed by atoms with Crippen LogP contribution in [0.25, 0.3) is 6.08 Å². The first-order chi connectivity index (χ1) is 11.0. The smallest absolute Gasteiger partial charge is 0.248 e. The average molecular weight is 316 g/mol. The van der Waals surface area contributed by atoms with Gasteiger partial charge in [-0.25, -0.2) is 0 Å². The summed E-state index contributed by atoms with van der Waals surface area (Å²) in [7, 11) is 1.58. The molecule has 2 rings (SSSR count). The number of aryl methyl sites for hydroxylation is 2. The number of rotatable bonds is 4. The quantitative estimate of drug-likeness (QED) is 0.663. The van der Waals surface area contributed by atoms with Crippen molar-refractivity contribution in [2.75, 3.05) is 7.11 Å². The molecule has 0 aromatic carbocycles. The zero-order valence-corrected chi connectivity index (χ0v) is 13.4. The number of aromatic amines is 2. The second kappa shape index (κ2) is 9.19. The van der Waals surface area contributed by atoms with Crippen LogP contribution in [-0.4, -0.2) is 23.4 Å². The molecule has 0 amide bonds. The van der Waals surface area contributed by atoms with E-state index < -0.39 is 0 Å². The molecule has 0 atom stereocenters. The first kappa shape index (κ1) is 18.2. The number of carbonyl (C=O) groups is 1. The summed E-state index contributed by atoms with van der Waals surface area (Å²) in [6.07, 6.45) is 7.79. The van der Waals surface area contributed by atoms with E-state index in [4.69, 9.17) is 4.74 Å². The van der Waals surface area contributed by atoms with Crippen molar-refractivity contribution in [3.05, 3.63) is 73.7 Å². The van der Waals surface area contributed by atoms with Crippen LogP contribution in [0.1, 0.15) is 22.3 Å². The molecule has 0 spiro atoms. The van der Waals surface area contributed by atoms with Gasteiger partial charge in [-0.2, -0.15) is 0 Å². The Morgan fingerprint density at radius 3 is 2.17 bits per heavy atom. The molecule has 0 aliphatic carbocycles. The molecule has 0 aliphatic heterocycles. The molecular formula is C17H20N2O4. The number of nitrogens with one attached hydrogen (secondary N) is 2. The minimum atomic E-state index is -0.128. The Kier molecular flexibility index (Phi) is 7.26. The van der Waals surface area contributed by atoms with Gasteiger partial charge in [0.05, 0.1) is 13.4 Å². The number of H-pyrrole nitrogens is 2. The van der Waals surface area contributed by atoms with E-state index in [9.17, 15) is 14.4 Å². The van der Waals surface area contributed by atoms with Gasteiger partial charge in [-0.05, 0) is 42.2 Å². The molecule has 6 heteroatoms. The van der Waals surface area contributed by atoms with E-state index in [1.54, 1.807) is 37.9 Å². The summed E-state index contributed by atoms with van der Waals surface area (Å²) in [5.41, 5.74) is 3.42. The number of aromatic nitrogens is 2. The molecule has 122 valence electrons. The molecule has 23 heavy (non-hydrogen) atoms. The third-order valence-electron chi connectivity index (χ3n) is 3.10. The monoisotopic (exact) mass is 316 g/mol. The second-order valence-electron chi connectivity index (χ2n) is 4.85. The molecule has 0 unspecified atom stereocenters. The third-order valence-corrected chi connectivity index (χ3v) is 3.10. The number of pyridine rings is 2. The Balaban J connectivity index is 0.000000231. The van der Waals surface area contributed by atoms with Crippen LogP contribution in [0.2, 0.25) is 0 Å². The molecule has 6 nitrogen and oxygen atoms in total. The average Bonchev–Trinajstić information content (AvgIpc) is 2.50. The molecule has 0 radical (unpaired) electrons. The fourth-order valence-corrected chi connectivity index (χ4v) is 1.82. The molecular weight excluding hydrogens is 296 g/mol. The summed E-state index contributed by atoms with van der Waals surface area (Å²) in [6, 6.07) is 3.04. The Labute approximate surface area is 133 Å². The summed E-state index contributed by atoms with van der Waals surface area (Å²) in [5.74, 6) is 0. The van der Waals surface area contributed by atoms with Crippen LogP contribution in [-0.2, 0) is 16.0 Å². The first-order valence-corrected chi connectivity index (χ1v) is 6.98. The van der Waals surface area contributed by atoms with Crippen molar-refractivity contribution in [2.45, 2.75) is 20.3 Å². The van der Waals surface area contributed by atoms with Gasteiger partial charge in [-0.1, -0.05) is 0 Å². The van der Waals surface area contributed by atoms with Gasteiger partial charge in [-0.3, -0.25) is 9.59 Å². The summed E-state index contributed by atoms with van der Waals surface area (Å²) in [4.78, 5) is 36.7. The van der Waals surface area contributed by atoms with Gasteiger partial charge in [0, 0.05) is 30.9 Å². The molecule has 0 bridgehead atoms. The van der Waals surface area contributed by atoms with Crippen molar-refractivity contribution < 1.29 is 9.53 Å². The van der Waals surface area contributed by atoms with E-state index in [0.717, 1.165) is 28.5 Å².